The molecule has 1 N–H and O–H groups in total. The SMILES string of the molecule is C=C.CC.O=C(O)C1CSc2c(C3CC(c4ccccc4)=NO3)c(Cc3cccc4ccccc34)cc(=O)n21. The summed E-state index contributed by atoms with van der Waals surface area (Å²) in [5.41, 5.74) is 4.36. The first kappa shape index (κ1) is 27.9. The predicted molar refractivity (Wildman–Crippen MR) is 159 cm³/mol. The molecule has 0 saturated heterocycles. The van der Waals surface area contributed by atoms with Crippen LogP contribution in [0.3, 0.4) is 0 Å². The number of nitrogens with zero attached hydrogens (tertiary/aromatic N) is 2. The average molecular weight is 541 g/mol. The Bertz CT molecular complexity index is 1560. The van der Waals surface area contributed by atoms with Crippen molar-refractivity contribution in [2.45, 2.75) is 43.9 Å². The molecule has 0 fully saturated rings. The minimum atomic E-state index is -1.00. The molecule has 2 atom stereocenters. The number of aliphatic carboxylic acids is 1. The third-order valence-electron chi connectivity index (χ3n) is 6.66. The van der Waals surface area contributed by atoms with E-state index in [2.05, 4.69) is 42.6 Å². The van der Waals surface area contributed by atoms with E-state index in [0.717, 1.165) is 38.7 Å². The number of aromatic nitrogens is 1. The molecule has 3 heterocycles. The van der Waals surface area contributed by atoms with Crippen LogP contribution in [0.2, 0.25) is 0 Å². The van der Waals surface area contributed by atoms with Crippen molar-refractivity contribution in [3.05, 3.63) is 125 Å². The molecule has 0 aliphatic carbocycles. The molecule has 2 aliphatic rings. The van der Waals surface area contributed by atoms with Crippen molar-refractivity contribution in [1.82, 2.24) is 4.57 Å². The Balaban J connectivity index is 0.000000845. The van der Waals surface area contributed by atoms with Gasteiger partial charge in [0, 0.05) is 23.8 Å². The zero-order valence-corrected chi connectivity index (χ0v) is 23.0. The number of hydrogen-bond acceptors (Lipinski definition) is 5. The summed E-state index contributed by atoms with van der Waals surface area (Å²) in [6, 6.07) is 24.9. The highest BCUT2D eigenvalue weighted by Gasteiger charge is 2.37. The molecule has 0 radical (unpaired) electrons. The largest absolute Gasteiger partial charge is 0.480 e. The van der Waals surface area contributed by atoms with Crippen molar-refractivity contribution in [1.29, 1.82) is 0 Å². The number of thioether (sulfide) groups is 1. The lowest BCUT2D eigenvalue weighted by Crippen LogP contribution is -2.30. The minimum Gasteiger partial charge on any atom is -0.480 e. The molecular weight excluding hydrogens is 508 g/mol. The summed E-state index contributed by atoms with van der Waals surface area (Å²) in [4.78, 5) is 31.0. The van der Waals surface area contributed by atoms with E-state index in [-0.39, 0.29) is 5.56 Å². The summed E-state index contributed by atoms with van der Waals surface area (Å²) in [5, 5.41) is 17.0. The van der Waals surface area contributed by atoms with Crippen LogP contribution < -0.4 is 5.56 Å². The predicted octanol–water partition coefficient (Wildman–Crippen LogP) is 7.02. The molecule has 2 unspecified atom stereocenters. The van der Waals surface area contributed by atoms with Gasteiger partial charge in [-0.25, -0.2) is 4.79 Å². The fraction of sp³-hybridized carbons (Fsp3) is 0.219. The second-order valence-corrected chi connectivity index (χ2v) is 9.79. The van der Waals surface area contributed by atoms with Crippen LogP contribution in [0.1, 0.15) is 54.7 Å². The number of rotatable bonds is 5. The Hall–Kier alpha value is -4.10. The van der Waals surface area contributed by atoms with Crippen molar-refractivity contribution < 1.29 is 14.7 Å². The summed E-state index contributed by atoms with van der Waals surface area (Å²) >= 11 is 1.41. The number of carbonyl (C=O) groups is 1. The summed E-state index contributed by atoms with van der Waals surface area (Å²) in [6.45, 7) is 10.0. The van der Waals surface area contributed by atoms with Crippen molar-refractivity contribution in [3.63, 3.8) is 0 Å². The first-order valence-corrected chi connectivity index (χ1v) is 14.0. The van der Waals surface area contributed by atoms with Gasteiger partial charge in [0.05, 0.1) is 10.7 Å². The monoisotopic (exact) mass is 540 g/mol. The van der Waals surface area contributed by atoms with Gasteiger partial charge >= 0.3 is 5.97 Å². The molecule has 4 aromatic rings. The molecule has 0 spiro atoms. The van der Waals surface area contributed by atoms with E-state index in [1.165, 1.54) is 16.3 Å². The van der Waals surface area contributed by atoms with Gasteiger partial charge in [0.15, 0.2) is 6.10 Å². The quantitative estimate of drug-likeness (QED) is 0.275. The van der Waals surface area contributed by atoms with Gasteiger partial charge in [-0.2, -0.15) is 0 Å². The van der Waals surface area contributed by atoms with Crippen molar-refractivity contribution >= 4 is 34.2 Å². The molecule has 6 nitrogen and oxygen atoms in total. The maximum Gasteiger partial charge on any atom is 0.327 e. The molecule has 6 rings (SSSR count). The molecule has 3 aromatic carbocycles. The highest BCUT2D eigenvalue weighted by atomic mass is 32.2. The van der Waals surface area contributed by atoms with Crippen LogP contribution in [0.4, 0.5) is 0 Å². The Morgan fingerprint density at radius 1 is 1.03 bits per heavy atom. The normalized spacial score (nSPS) is 17.1. The first-order chi connectivity index (χ1) is 19.1. The molecule has 0 amide bonds. The number of oxime groups is 1. The molecule has 200 valence electrons. The Kier molecular flexibility index (Phi) is 9.04. The lowest BCUT2D eigenvalue weighted by molar-refractivity contribution is -0.140. The van der Waals surface area contributed by atoms with E-state index in [1.807, 2.05) is 62.4 Å². The topological polar surface area (TPSA) is 80.9 Å². The van der Waals surface area contributed by atoms with Crippen LogP contribution >= 0.6 is 11.8 Å². The van der Waals surface area contributed by atoms with Gasteiger partial charge in [-0.15, -0.1) is 24.9 Å². The van der Waals surface area contributed by atoms with Gasteiger partial charge in [-0.05, 0) is 33.9 Å². The van der Waals surface area contributed by atoms with E-state index in [0.29, 0.717) is 23.6 Å². The van der Waals surface area contributed by atoms with E-state index < -0.39 is 18.1 Å². The standard InChI is InChI=1S/C28H22N2O4S.C2H6.C2H4/c31-25-14-20(13-19-11-6-10-17-7-4-5-12-21(17)19)26(27-30(25)23(16-35-27)28(32)33)24-15-22(29-34-24)18-8-2-1-3-9-18;2*1-2/h1-12,14,23-24H,13,15-16H2,(H,32,33);1-2H3;1-2H2. The van der Waals surface area contributed by atoms with Gasteiger partial charge in [0.1, 0.15) is 6.04 Å². The van der Waals surface area contributed by atoms with E-state index in [9.17, 15) is 14.7 Å². The summed E-state index contributed by atoms with van der Waals surface area (Å²) in [6.07, 6.45) is 0.700. The third kappa shape index (κ3) is 5.54. The number of hydrogen-bond donors (Lipinski definition) is 1. The highest BCUT2D eigenvalue weighted by molar-refractivity contribution is 7.99. The van der Waals surface area contributed by atoms with E-state index in [1.54, 1.807) is 6.07 Å². The lowest BCUT2D eigenvalue weighted by Gasteiger charge is -2.20. The van der Waals surface area contributed by atoms with Gasteiger partial charge in [-0.3, -0.25) is 9.36 Å². The number of pyridine rings is 1. The number of carboxylic acids is 1. The lowest BCUT2D eigenvalue weighted by atomic mass is 9.92. The zero-order chi connectivity index (χ0) is 27.9. The summed E-state index contributed by atoms with van der Waals surface area (Å²) in [5.74, 6) is -0.686. The van der Waals surface area contributed by atoms with Crippen LogP contribution in [0.25, 0.3) is 10.8 Å². The molecule has 2 aliphatic heterocycles. The second kappa shape index (κ2) is 12.6. The second-order valence-electron chi connectivity index (χ2n) is 8.78. The molecule has 0 saturated carbocycles. The van der Waals surface area contributed by atoms with Crippen LogP contribution in [-0.2, 0) is 16.1 Å². The molecule has 7 heteroatoms. The van der Waals surface area contributed by atoms with Gasteiger partial charge in [0.2, 0.25) is 0 Å². The Morgan fingerprint density at radius 2 is 1.72 bits per heavy atom. The number of fused-ring (bicyclic) bond motifs is 2. The van der Waals surface area contributed by atoms with Crippen LogP contribution in [0.5, 0.6) is 0 Å². The zero-order valence-electron chi connectivity index (χ0n) is 22.2. The molecule has 39 heavy (non-hydrogen) atoms. The van der Waals surface area contributed by atoms with Crippen molar-refractivity contribution in [2.75, 3.05) is 5.75 Å². The number of carboxylic acid groups (broad SMARTS) is 1. The average Bonchev–Trinajstić information content (AvgIpc) is 3.65. The molecule has 0 bridgehead atoms. The summed E-state index contributed by atoms with van der Waals surface area (Å²) in [7, 11) is 0. The maximum absolute atomic E-state index is 13.2. The fourth-order valence-corrected chi connectivity index (χ4v) is 6.38. The van der Waals surface area contributed by atoms with Crippen molar-refractivity contribution in [3.8, 4) is 0 Å². The van der Waals surface area contributed by atoms with Crippen LogP contribution in [0, 0.1) is 0 Å². The third-order valence-corrected chi connectivity index (χ3v) is 7.84. The Morgan fingerprint density at radius 3 is 2.46 bits per heavy atom. The minimum absolute atomic E-state index is 0.293. The van der Waals surface area contributed by atoms with Gasteiger partial charge in [-0.1, -0.05) is 91.8 Å². The Labute approximate surface area is 232 Å². The van der Waals surface area contributed by atoms with E-state index >= 15 is 0 Å². The van der Waals surface area contributed by atoms with Gasteiger partial charge in [0.25, 0.3) is 5.56 Å². The van der Waals surface area contributed by atoms with Crippen LogP contribution in [0.15, 0.2) is 107 Å². The van der Waals surface area contributed by atoms with Gasteiger partial charge < -0.3 is 9.94 Å². The highest BCUT2D eigenvalue weighted by Crippen LogP contribution is 2.43. The van der Waals surface area contributed by atoms with Crippen LogP contribution in [-0.4, -0.2) is 27.1 Å². The summed E-state index contributed by atoms with van der Waals surface area (Å²) < 4.78 is 1.42. The smallest absolute Gasteiger partial charge is 0.327 e. The number of benzene rings is 3. The first-order valence-electron chi connectivity index (χ1n) is 13.0. The fourth-order valence-electron chi connectivity index (χ4n) is 5.00. The van der Waals surface area contributed by atoms with E-state index in [4.69, 9.17) is 4.84 Å². The molecular formula is C32H32N2O4S. The molecule has 1 aromatic heterocycles. The maximum atomic E-state index is 13.2. The van der Waals surface area contributed by atoms with Crippen molar-refractivity contribution in [2.24, 2.45) is 5.16 Å².